The standard InChI is InChI=1S/C53H99N15O13/c1-9-30(6)11-10-12-42(72)60-35(14-20-55)49(77)68-44(32(8)70)53(81)65-37(16-22-57)47(75)64-39-18-24-59-52(80)43(31(7)69)67-50(78)38(17-23-58)62-46(74)36(15-21-56)63-51(79)40(26-29(4)5)66-45(73)33(25-28(2)3)27-41(71)34(13-19-54)61-48(39)76/h28-40,43-44,69-70H,9-27,54-58H2,1-8H3,(H,59,80)(H,60,72)(H,61,76)(H,62,74)(H,63,79)(H,64,75)(H,65,81)(H,66,73)(H,67,78)(H,68,77)/t30?,31-,32-,33+,34+,35+,36+,37+,38+,39?,40+,43+,44+/m1/s1. The van der Waals surface area contributed by atoms with E-state index < -0.39 is 157 Å². The maximum Gasteiger partial charge on any atom is 0.245 e. The molecular formula is C53H99N15O13. The summed E-state index contributed by atoms with van der Waals surface area (Å²) in [4.78, 5) is 153. The van der Waals surface area contributed by atoms with Crippen molar-refractivity contribution in [1.29, 1.82) is 0 Å². The molecule has 81 heavy (non-hydrogen) atoms. The van der Waals surface area contributed by atoms with E-state index in [-0.39, 0.29) is 95.9 Å². The van der Waals surface area contributed by atoms with Gasteiger partial charge in [-0.15, -0.1) is 0 Å². The topological polar surface area (TPSA) is 479 Å². The number of aliphatic hydroxyl groups is 2. The Labute approximate surface area is 476 Å². The molecule has 10 amide bonds. The molecule has 1 aliphatic heterocycles. The summed E-state index contributed by atoms with van der Waals surface area (Å²) in [7, 11) is 0. The van der Waals surface area contributed by atoms with E-state index in [0.717, 1.165) is 12.8 Å². The maximum atomic E-state index is 14.4. The number of ketones is 1. The van der Waals surface area contributed by atoms with Crippen molar-refractivity contribution in [2.75, 3.05) is 39.3 Å². The fraction of sp³-hybridized carbons (Fsp3) is 0.792. The van der Waals surface area contributed by atoms with Gasteiger partial charge in [0.1, 0.15) is 48.3 Å². The van der Waals surface area contributed by atoms with Gasteiger partial charge in [0.05, 0.1) is 18.2 Å². The first-order chi connectivity index (χ1) is 38.2. The third kappa shape index (κ3) is 27.1. The van der Waals surface area contributed by atoms with Crippen LogP contribution in [0, 0.1) is 23.7 Å². The molecule has 1 saturated heterocycles. The molecule has 28 heteroatoms. The van der Waals surface area contributed by atoms with Crippen LogP contribution in [0.1, 0.15) is 139 Å². The Kier molecular flexibility index (Phi) is 35.0. The fourth-order valence-corrected chi connectivity index (χ4v) is 8.92. The van der Waals surface area contributed by atoms with Gasteiger partial charge in [-0.3, -0.25) is 52.7 Å². The Hall–Kier alpha value is -5.91. The molecular weight excluding hydrogens is 1050 g/mol. The second-order valence-corrected chi connectivity index (χ2v) is 21.9. The lowest BCUT2D eigenvalue weighted by Crippen LogP contribution is -2.61. The summed E-state index contributed by atoms with van der Waals surface area (Å²) in [6.45, 7) is 12.7. The van der Waals surface area contributed by atoms with E-state index in [1.165, 1.54) is 13.8 Å². The average Bonchev–Trinajstić information content (AvgIpc) is 3.41. The summed E-state index contributed by atoms with van der Waals surface area (Å²) in [5.74, 6) is -10.1. The van der Waals surface area contributed by atoms with Gasteiger partial charge in [-0.05, 0) is 122 Å². The number of amides is 10. The Bertz CT molecular complexity index is 2050. The van der Waals surface area contributed by atoms with Crippen LogP contribution in [0.2, 0.25) is 0 Å². The van der Waals surface area contributed by atoms with E-state index in [0.29, 0.717) is 12.3 Å². The molecule has 1 rings (SSSR count). The second-order valence-electron chi connectivity index (χ2n) is 21.9. The van der Waals surface area contributed by atoms with E-state index in [1.54, 1.807) is 13.8 Å². The van der Waals surface area contributed by atoms with Crippen molar-refractivity contribution in [2.24, 2.45) is 52.3 Å². The molecule has 1 heterocycles. The molecule has 13 atom stereocenters. The molecule has 28 nitrogen and oxygen atoms in total. The lowest BCUT2D eigenvalue weighted by atomic mass is 9.88. The van der Waals surface area contributed by atoms with E-state index >= 15 is 0 Å². The predicted molar refractivity (Wildman–Crippen MR) is 302 cm³/mol. The number of Topliss-reactive ketones (excluding diaryl/α,β-unsaturated/α-hetero) is 1. The van der Waals surface area contributed by atoms with Gasteiger partial charge in [-0.25, -0.2) is 0 Å². The van der Waals surface area contributed by atoms with Crippen molar-refractivity contribution in [1.82, 2.24) is 53.2 Å². The lowest BCUT2D eigenvalue weighted by molar-refractivity contribution is -0.137. The van der Waals surface area contributed by atoms with Gasteiger partial charge >= 0.3 is 0 Å². The zero-order valence-corrected chi connectivity index (χ0v) is 48.9. The SMILES string of the molecule is CCC(C)CCCC(=O)N[C@@H](CCN)C(=O)N[C@H](C(=O)N[C@@H](CCN)C(=O)NC1CCNC(=O)[C@H]([C@@H](C)O)NC(=O)[C@H](CCN)NC(=O)[C@H](CCN)NC(=O)[C@H](CC(C)C)NC(=O)[C@@H](CC(C)C)CC(=O)[C@H](CCN)NC1=O)[C@@H](C)O. The van der Waals surface area contributed by atoms with Crippen LogP contribution in [0.25, 0.3) is 0 Å². The van der Waals surface area contributed by atoms with E-state index in [2.05, 4.69) is 60.1 Å². The highest BCUT2D eigenvalue weighted by atomic mass is 16.3. The third-order valence-corrected chi connectivity index (χ3v) is 13.7. The van der Waals surface area contributed by atoms with Gasteiger partial charge in [0, 0.05) is 25.3 Å². The van der Waals surface area contributed by atoms with Crippen LogP contribution in [-0.2, 0) is 52.7 Å². The molecule has 0 saturated carbocycles. The second kappa shape index (κ2) is 38.7. The zero-order chi connectivity index (χ0) is 61.5. The first-order valence-corrected chi connectivity index (χ1v) is 28.6. The van der Waals surface area contributed by atoms with Crippen molar-refractivity contribution in [3.63, 3.8) is 0 Å². The third-order valence-electron chi connectivity index (χ3n) is 13.7. The van der Waals surface area contributed by atoms with Crippen molar-refractivity contribution in [2.45, 2.75) is 205 Å². The summed E-state index contributed by atoms with van der Waals surface area (Å²) in [6, 6.07) is -13.0. The monoisotopic (exact) mass is 1150 g/mol. The zero-order valence-electron chi connectivity index (χ0n) is 48.9. The molecule has 0 aromatic carbocycles. The van der Waals surface area contributed by atoms with Crippen molar-refractivity contribution in [3.05, 3.63) is 0 Å². The summed E-state index contributed by atoms with van der Waals surface area (Å²) >= 11 is 0. The van der Waals surface area contributed by atoms with Gasteiger partial charge in [0.15, 0.2) is 5.78 Å². The Morgan fingerprint density at radius 3 is 1.58 bits per heavy atom. The molecule has 1 fully saturated rings. The molecule has 0 aromatic rings. The minimum absolute atomic E-state index is 0.0106. The number of carbonyl (C=O) groups is 11. The summed E-state index contributed by atoms with van der Waals surface area (Å²) in [5, 5.41) is 47.0. The number of hydrogen-bond donors (Lipinski definition) is 17. The average molecular weight is 1150 g/mol. The molecule has 22 N–H and O–H groups in total. The van der Waals surface area contributed by atoms with Crippen LogP contribution in [0.3, 0.4) is 0 Å². The number of nitrogens with one attached hydrogen (secondary N) is 10. The van der Waals surface area contributed by atoms with E-state index in [9.17, 15) is 63.0 Å². The van der Waals surface area contributed by atoms with Crippen LogP contribution in [0.4, 0.5) is 0 Å². The minimum Gasteiger partial charge on any atom is -0.391 e. The minimum atomic E-state index is -1.69. The smallest absolute Gasteiger partial charge is 0.245 e. The summed E-state index contributed by atoms with van der Waals surface area (Å²) in [6.07, 6.45) is -1.95. The van der Waals surface area contributed by atoms with Gasteiger partial charge in [-0.1, -0.05) is 54.4 Å². The van der Waals surface area contributed by atoms with Gasteiger partial charge in [0.25, 0.3) is 0 Å². The highest BCUT2D eigenvalue weighted by molar-refractivity contribution is 5.99. The number of hydrogen-bond acceptors (Lipinski definition) is 18. The first kappa shape index (κ1) is 73.1. The summed E-state index contributed by atoms with van der Waals surface area (Å²) in [5.41, 5.74) is 29.3. The molecule has 2 unspecified atom stereocenters. The van der Waals surface area contributed by atoms with E-state index in [4.69, 9.17) is 28.7 Å². The Morgan fingerprint density at radius 1 is 0.568 bits per heavy atom. The predicted octanol–water partition coefficient (Wildman–Crippen LogP) is -4.74. The molecule has 464 valence electrons. The van der Waals surface area contributed by atoms with Crippen LogP contribution < -0.4 is 81.8 Å². The number of nitrogens with two attached hydrogens (primary N) is 5. The number of carbonyl (C=O) groups excluding carboxylic acids is 11. The molecule has 1 aliphatic rings. The largest absolute Gasteiger partial charge is 0.391 e. The molecule has 0 aromatic heterocycles. The van der Waals surface area contributed by atoms with Crippen LogP contribution in [0.5, 0.6) is 0 Å². The van der Waals surface area contributed by atoms with Crippen molar-refractivity contribution >= 4 is 64.9 Å². The van der Waals surface area contributed by atoms with Crippen LogP contribution in [-0.4, -0.2) is 181 Å². The Morgan fingerprint density at radius 2 is 1.07 bits per heavy atom. The molecule has 0 aliphatic carbocycles. The number of rotatable bonds is 28. The van der Waals surface area contributed by atoms with Gasteiger partial charge in [-0.2, -0.15) is 0 Å². The van der Waals surface area contributed by atoms with Crippen LogP contribution in [0.15, 0.2) is 0 Å². The van der Waals surface area contributed by atoms with E-state index in [1.807, 2.05) is 20.8 Å². The van der Waals surface area contributed by atoms with Gasteiger partial charge < -0.3 is 92.0 Å². The van der Waals surface area contributed by atoms with Crippen LogP contribution >= 0.6 is 0 Å². The molecule has 0 spiro atoms. The quantitative estimate of drug-likeness (QED) is 0.0350. The molecule has 0 radical (unpaired) electrons. The normalized spacial score (nSPS) is 23.7. The first-order valence-electron chi connectivity index (χ1n) is 28.6. The summed E-state index contributed by atoms with van der Waals surface area (Å²) < 4.78 is 0. The highest BCUT2D eigenvalue weighted by Crippen LogP contribution is 2.20. The Balaban J connectivity index is 3.84. The highest BCUT2D eigenvalue weighted by Gasteiger charge is 2.38. The number of aliphatic hydroxyl groups excluding tert-OH is 2. The molecule has 0 bridgehead atoms. The van der Waals surface area contributed by atoms with Gasteiger partial charge in [0.2, 0.25) is 59.1 Å². The fourth-order valence-electron chi connectivity index (χ4n) is 8.92. The lowest BCUT2D eigenvalue weighted by Gasteiger charge is -2.28. The van der Waals surface area contributed by atoms with Crippen molar-refractivity contribution < 1.29 is 63.0 Å². The maximum absolute atomic E-state index is 14.4. The van der Waals surface area contributed by atoms with Crippen molar-refractivity contribution in [3.8, 4) is 0 Å².